The Morgan fingerprint density at radius 3 is 2.73 bits per heavy atom. The first-order valence-electron chi connectivity index (χ1n) is 8.52. The molecule has 0 radical (unpaired) electrons. The van der Waals surface area contributed by atoms with Crippen molar-refractivity contribution in [3.05, 3.63) is 35.7 Å². The zero-order chi connectivity index (χ0) is 18.3. The number of nitrogens with one attached hydrogen (secondary N) is 2. The van der Waals surface area contributed by atoms with Gasteiger partial charge in [-0.25, -0.2) is 4.98 Å². The van der Waals surface area contributed by atoms with E-state index in [4.69, 9.17) is 0 Å². The summed E-state index contributed by atoms with van der Waals surface area (Å²) >= 11 is 1.41. The third-order valence-electron chi connectivity index (χ3n) is 4.61. The Morgan fingerprint density at radius 2 is 2.08 bits per heavy atom. The quantitative estimate of drug-likeness (QED) is 0.738. The molecule has 4 rings (SSSR count). The van der Waals surface area contributed by atoms with Crippen LogP contribution < -0.4 is 10.6 Å². The molecule has 2 N–H and O–H groups in total. The van der Waals surface area contributed by atoms with Crippen LogP contribution in [0.15, 0.2) is 24.4 Å². The molecule has 1 aliphatic carbocycles. The lowest BCUT2D eigenvalue weighted by atomic mass is 9.85. The van der Waals surface area contributed by atoms with Gasteiger partial charge in [-0.15, -0.1) is 0 Å². The van der Waals surface area contributed by atoms with Crippen LogP contribution in [0.2, 0.25) is 0 Å². The van der Waals surface area contributed by atoms with Gasteiger partial charge in [0.1, 0.15) is 0 Å². The van der Waals surface area contributed by atoms with Crippen molar-refractivity contribution in [3.63, 3.8) is 0 Å². The standard InChI is InChI=1S/C18H19N5O2S/c1-10-13(9-23(2)22-10)17(25)19-12-6-7-14-15(8-12)26-18(20-14)21-16(24)11-4-3-5-11/h6-9,11H,3-5H2,1-2H3,(H,19,25)(H,20,21,24). The number of amides is 2. The lowest BCUT2D eigenvalue weighted by Gasteiger charge is -2.23. The Balaban J connectivity index is 1.51. The van der Waals surface area contributed by atoms with Crippen LogP contribution in [0.3, 0.4) is 0 Å². The van der Waals surface area contributed by atoms with Gasteiger partial charge < -0.3 is 10.6 Å². The Hall–Kier alpha value is -2.74. The minimum atomic E-state index is -0.196. The number of anilines is 2. The maximum atomic E-state index is 12.4. The largest absolute Gasteiger partial charge is 0.322 e. The second-order valence-corrected chi connectivity index (χ2v) is 7.61. The van der Waals surface area contributed by atoms with Crippen LogP contribution in [0.25, 0.3) is 10.2 Å². The fraction of sp³-hybridized carbons (Fsp3) is 0.333. The molecule has 1 aromatic carbocycles. The van der Waals surface area contributed by atoms with Crippen LogP contribution in [-0.4, -0.2) is 26.6 Å². The minimum Gasteiger partial charge on any atom is -0.322 e. The lowest BCUT2D eigenvalue weighted by Crippen LogP contribution is -2.27. The number of hydrogen-bond acceptors (Lipinski definition) is 5. The summed E-state index contributed by atoms with van der Waals surface area (Å²) < 4.78 is 2.53. The van der Waals surface area contributed by atoms with E-state index in [9.17, 15) is 9.59 Å². The maximum absolute atomic E-state index is 12.4. The highest BCUT2D eigenvalue weighted by Gasteiger charge is 2.25. The van der Waals surface area contributed by atoms with Gasteiger partial charge in [0.15, 0.2) is 5.13 Å². The first-order chi connectivity index (χ1) is 12.5. The van der Waals surface area contributed by atoms with Crippen LogP contribution in [0.4, 0.5) is 10.8 Å². The lowest BCUT2D eigenvalue weighted by molar-refractivity contribution is -0.122. The molecule has 0 spiro atoms. The fourth-order valence-electron chi connectivity index (χ4n) is 2.95. The molecule has 7 nitrogen and oxygen atoms in total. The van der Waals surface area contributed by atoms with E-state index in [0.717, 1.165) is 29.5 Å². The molecule has 2 heterocycles. The number of thiazole rings is 1. The molecule has 2 aromatic heterocycles. The smallest absolute Gasteiger partial charge is 0.259 e. The molecule has 0 saturated heterocycles. The predicted molar refractivity (Wildman–Crippen MR) is 101 cm³/mol. The van der Waals surface area contributed by atoms with Gasteiger partial charge in [-0.1, -0.05) is 17.8 Å². The number of aryl methyl sites for hydroxylation is 2. The summed E-state index contributed by atoms with van der Waals surface area (Å²) in [5, 5.41) is 10.6. The molecular weight excluding hydrogens is 350 g/mol. The van der Waals surface area contributed by atoms with Gasteiger partial charge in [0.25, 0.3) is 5.91 Å². The summed E-state index contributed by atoms with van der Waals surface area (Å²) in [7, 11) is 1.78. The molecule has 0 atom stereocenters. The van der Waals surface area contributed by atoms with Crippen LogP contribution in [0, 0.1) is 12.8 Å². The molecule has 1 aliphatic rings. The second kappa shape index (κ2) is 6.53. The molecular formula is C18H19N5O2S. The average molecular weight is 369 g/mol. The molecule has 1 saturated carbocycles. The molecule has 26 heavy (non-hydrogen) atoms. The van der Waals surface area contributed by atoms with E-state index in [1.807, 2.05) is 18.2 Å². The summed E-state index contributed by atoms with van der Waals surface area (Å²) in [6.45, 7) is 1.80. The normalized spacial score (nSPS) is 14.2. The molecule has 134 valence electrons. The molecule has 3 aromatic rings. The summed E-state index contributed by atoms with van der Waals surface area (Å²) in [6, 6.07) is 5.52. The van der Waals surface area contributed by atoms with Crippen molar-refractivity contribution in [2.24, 2.45) is 13.0 Å². The number of fused-ring (bicyclic) bond motifs is 1. The summed E-state index contributed by atoms with van der Waals surface area (Å²) in [5.41, 5.74) is 2.72. The highest BCUT2D eigenvalue weighted by Crippen LogP contribution is 2.31. The van der Waals surface area contributed by atoms with Crippen molar-refractivity contribution < 1.29 is 9.59 Å². The van der Waals surface area contributed by atoms with Gasteiger partial charge in [0.2, 0.25) is 5.91 Å². The number of benzene rings is 1. The zero-order valence-electron chi connectivity index (χ0n) is 14.6. The topological polar surface area (TPSA) is 88.9 Å². The number of aromatic nitrogens is 3. The zero-order valence-corrected chi connectivity index (χ0v) is 15.4. The van der Waals surface area contributed by atoms with Gasteiger partial charge >= 0.3 is 0 Å². The van der Waals surface area contributed by atoms with E-state index in [1.165, 1.54) is 11.3 Å². The third-order valence-corrected chi connectivity index (χ3v) is 5.54. The van der Waals surface area contributed by atoms with Crippen molar-refractivity contribution in [2.75, 3.05) is 10.6 Å². The number of rotatable bonds is 4. The molecule has 0 aliphatic heterocycles. The van der Waals surface area contributed by atoms with Crippen LogP contribution in [0.5, 0.6) is 0 Å². The van der Waals surface area contributed by atoms with Gasteiger partial charge in [-0.2, -0.15) is 5.10 Å². The SMILES string of the molecule is Cc1nn(C)cc1C(=O)Nc1ccc2nc(NC(=O)C3CCC3)sc2c1. The van der Waals surface area contributed by atoms with Crippen LogP contribution >= 0.6 is 11.3 Å². The molecule has 2 amide bonds. The average Bonchev–Trinajstić information content (AvgIpc) is 3.06. The van der Waals surface area contributed by atoms with Crippen LogP contribution in [0.1, 0.15) is 35.3 Å². The monoisotopic (exact) mass is 369 g/mol. The molecule has 1 fully saturated rings. The Bertz CT molecular complexity index is 1000. The van der Waals surface area contributed by atoms with Crippen molar-refractivity contribution in [1.29, 1.82) is 0 Å². The molecule has 0 bridgehead atoms. The van der Waals surface area contributed by atoms with Crippen molar-refractivity contribution in [2.45, 2.75) is 26.2 Å². The van der Waals surface area contributed by atoms with E-state index in [1.54, 1.807) is 24.9 Å². The van der Waals surface area contributed by atoms with E-state index < -0.39 is 0 Å². The van der Waals surface area contributed by atoms with Crippen LogP contribution in [-0.2, 0) is 11.8 Å². The third kappa shape index (κ3) is 3.20. The Labute approximate surface area is 154 Å². The van der Waals surface area contributed by atoms with Crippen molar-refractivity contribution in [1.82, 2.24) is 14.8 Å². The molecule has 8 heteroatoms. The first-order valence-corrected chi connectivity index (χ1v) is 9.34. The Kier molecular flexibility index (Phi) is 4.20. The predicted octanol–water partition coefficient (Wildman–Crippen LogP) is 3.33. The molecule has 0 unspecified atom stereocenters. The highest BCUT2D eigenvalue weighted by atomic mass is 32.1. The van der Waals surface area contributed by atoms with Gasteiger partial charge in [0, 0.05) is 24.8 Å². The van der Waals surface area contributed by atoms with Crippen molar-refractivity contribution in [3.8, 4) is 0 Å². The number of carbonyl (C=O) groups excluding carboxylic acids is 2. The number of nitrogens with zero attached hydrogens (tertiary/aromatic N) is 3. The fourth-order valence-corrected chi connectivity index (χ4v) is 3.86. The second-order valence-electron chi connectivity index (χ2n) is 6.57. The summed E-state index contributed by atoms with van der Waals surface area (Å²) in [4.78, 5) is 28.9. The summed E-state index contributed by atoms with van der Waals surface area (Å²) in [6.07, 6.45) is 4.74. The van der Waals surface area contributed by atoms with Crippen molar-refractivity contribution >= 4 is 44.2 Å². The number of hydrogen-bond donors (Lipinski definition) is 2. The highest BCUT2D eigenvalue weighted by molar-refractivity contribution is 7.22. The maximum Gasteiger partial charge on any atom is 0.259 e. The van der Waals surface area contributed by atoms with Gasteiger partial charge in [-0.05, 0) is 38.0 Å². The Morgan fingerprint density at radius 1 is 1.27 bits per heavy atom. The number of carbonyl (C=O) groups is 2. The van der Waals surface area contributed by atoms with E-state index in [-0.39, 0.29) is 17.7 Å². The van der Waals surface area contributed by atoms with E-state index >= 15 is 0 Å². The first kappa shape index (κ1) is 16.7. The van der Waals surface area contributed by atoms with Gasteiger partial charge in [-0.3, -0.25) is 14.3 Å². The van der Waals surface area contributed by atoms with Gasteiger partial charge in [0.05, 0.1) is 21.5 Å². The summed E-state index contributed by atoms with van der Waals surface area (Å²) in [5.74, 6) is -0.0200. The van der Waals surface area contributed by atoms with E-state index in [0.29, 0.717) is 22.1 Å². The van der Waals surface area contributed by atoms with E-state index in [2.05, 4.69) is 20.7 Å². The minimum absolute atomic E-state index is 0.0517.